The van der Waals surface area contributed by atoms with Gasteiger partial charge in [0, 0.05) is 11.8 Å². The standard InChI is InChI=1S/C10H18O/c1-3-8(2)10(11)9-6-4-5-7-9/h8-9H,3-7H2,1-2H3. The maximum atomic E-state index is 11.6. The van der Waals surface area contributed by atoms with Crippen molar-refractivity contribution in [1.29, 1.82) is 0 Å². The summed E-state index contributed by atoms with van der Waals surface area (Å²) in [5.41, 5.74) is 0. The van der Waals surface area contributed by atoms with E-state index in [0.717, 1.165) is 19.3 Å². The molecule has 1 aliphatic carbocycles. The molecule has 64 valence electrons. The summed E-state index contributed by atoms with van der Waals surface area (Å²) in [5, 5.41) is 0. The van der Waals surface area contributed by atoms with Gasteiger partial charge in [-0.3, -0.25) is 4.79 Å². The minimum absolute atomic E-state index is 0.304. The van der Waals surface area contributed by atoms with Crippen LogP contribution < -0.4 is 0 Å². The fourth-order valence-electron chi connectivity index (χ4n) is 1.81. The van der Waals surface area contributed by atoms with Crippen molar-refractivity contribution in [3.63, 3.8) is 0 Å². The first-order chi connectivity index (χ1) is 5.25. The average Bonchev–Trinajstić information content (AvgIpc) is 2.53. The van der Waals surface area contributed by atoms with Crippen molar-refractivity contribution in [3.8, 4) is 0 Å². The third-order valence-corrected chi connectivity index (χ3v) is 2.86. The third-order valence-electron chi connectivity index (χ3n) is 2.86. The Balaban J connectivity index is 2.39. The summed E-state index contributed by atoms with van der Waals surface area (Å²) in [7, 11) is 0. The maximum Gasteiger partial charge on any atom is 0.138 e. The fourth-order valence-corrected chi connectivity index (χ4v) is 1.81. The van der Waals surface area contributed by atoms with Gasteiger partial charge in [0.2, 0.25) is 0 Å². The highest BCUT2D eigenvalue weighted by molar-refractivity contribution is 5.83. The van der Waals surface area contributed by atoms with Crippen LogP contribution in [-0.4, -0.2) is 5.78 Å². The van der Waals surface area contributed by atoms with Crippen molar-refractivity contribution in [3.05, 3.63) is 0 Å². The molecule has 1 saturated carbocycles. The summed E-state index contributed by atoms with van der Waals surface area (Å²) in [4.78, 5) is 11.6. The van der Waals surface area contributed by atoms with E-state index >= 15 is 0 Å². The van der Waals surface area contributed by atoms with Crippen molar-refractivity contribution in [2.45, 2.75) is 46.0 Å². The number of hydrogen-bond acceptors (Lipinski definition) is 1. The summed E-state index contributed by atoms with van der Waals surface area (Å²) >= 11 is 0. The summed E-state index contributed by atoms with van der Waals surface area (Å²) < 4.78 is 0. The van der Waals surface area contributed by atoms with E-state index in [2.05, 4.69) is 13.8 Å². The second-order valence-corrected chi connectivity index (χ2v) is 3.69. The molecule has 1 nitrogen and oxygen atoms in total. The summed E-state index contributed by atoms with van der Waals surface area (Å²) in [6.45, 7) is 4.15. The lowest BCUT2D eigenvalue weighted by molar-refractivity contribution is -0.126. The monoisotopic (exact) mass is 154 g/mol. The van der Waals surface area contributed by atoms with Crippen LogP contribution in [0.5, 0.6) is 0 Å². The van der Waals surface area contributed by atoms with Gasteiger partial charge < -0.3 is 0 Å². The lowest BCUT2D eigenvalue weighted by Gasteiger charge is -2.12. The zero-order valence-corrected chi connectivity index (χ0v) is 7.60. The minimum atomic E-state index is 0.304. The van der Waals surface area contributed by atoms with Crippen molar-refractivity contribution in [2.24, 2.45) is 11.8 Å². The third kappa shape index (κ3) is 2.05. The Labute approximate surface area is 69.2 Å². The predicted molar refractivity (Wildman–Crippen MR) is 46.4 cm³/mol. The van der Waals surface area contributed by atoms with Crippen molar-refractivity contribution < 1.29 is 4.79 Å². The lowest BCUT2D eigenvalue weighted by Crippen LogP contribution is -2.18. The molecular weight excluding hydrogens is 136 g/mol. The van der Waals surface area contributed by atoms with E-state index < -0.39 is 0 Å². The van der Waals surface area contributed by atoms with Gasteiger partial charge in [-0.05, 0) is 19.3 Å². The lowest BCUT2D eigenvalue weighted by atomic mass is 9.91. The van der Waals surface area contributed by atoms with Gasteiger partial charge in [0.1, 0.15) is 5.78 Å². The average molecular weight is 154 g/mol. The van der Waals surface area contributed by atoms with Gasteiger partial charge in [-0.1, -0.05) is 26.7 Å². The molecule has 0 saturated heterocycles. The Morgan fingerprint density at radius 2 is 2.00 bits per heavy atom. The van der Waals surface area contributed by atoms with Crippen molar-refractivity contribution >= 4 is 5.78 Å². The maximum absolute atomic E-state index is 11.6. The van der Waals surface area contributed by atoms with Crippen LogP contribution in [0.15, 0.2) is 0 Å². The van der Waals surface area contributed by atoms with Crippen molar-refractivity contribution in [2.75, 3.05) is 0 Å². The van der Waals surface area contributed by atoms with Crippen LogP contribution in [0.1, 0.15) is 46.0 Å². The highest BCUT2D eigenvalue weighted by atomic mass is 16.1. The van der Waals surface area contributed by atoms with Gasteiger partial charge >= 0.3 is 0 Å². The first-order valence-electron chi connectivity index (χ1n) is 4.79. The molecule has 1 atom stereocenters. The molecule has 0 bridgehead atoms. The van der Waals surface area contributed by atoms with Crippen LogP contribution in [0.2, 0.25) is 0 Å². The largest absolute Gasteiger partial charge is 0.299 e. The van der Waals surface area contributed by atoms with Gasteiger partial charge in [-0.2, -0.15) is 0 Å². The highest BCUT2D eigenvalue weighted by Crippen LogP contribution is 2.28. The predicted octanol–water partition coefficient (Wildman–Crippen LogP) is 2.79. The first kappa shape index (κ1) is 8.76. The molecule has 1 heteroatoms. The molecule has 1 fully saturated rings. The van der Waals surface area contributed by atoms with Crippen LogP contribution in [0.25, 0.3) is 0 Å². The summed E-state index contributed by atoms with van der Waals surface area (Å²) in [5.74, 6) is 1.24. The minimum Gasteiger partial charge on any atom is -0.299 e. The zero-order valence-electron chi connectivity index (χ0n) is 7.60. The molecule has 0 spiro atoms. The summed E-state index contributed by atoms with van der Waals surface area (Å²) in [6, 6.07) is 0. The van der Waals surface area contributed by atoms with Crippen LogP contribution in [0, 0.1) is 11.8 Å². The molecule has 0 N–H and O–H groups in total. The quantitative estimate of drug-likeness (QED) is 0.611. The molecule has 0 aromatic rings. The molecular formula is C10H18O. The fraction of sp³-hybridized carbons (Fsp3) is 0.900. The second-order valence-electron chi connectivity index (χ2n) is 3.69. The van der Waals surface area contributed by atoms with Crippen LogP contribution in [0.4, 0.5) is 0 Å². The second kappa shape index (κ2) is 3.89. The van der Waals surface area contributed by atoms with Crippen molar-refractivity contribution in [1.82, 2.24) is 0 Å². The number of ketones is 1. The van der Waals surface area contributed by atoms with E-state index in [9.17, 15) is 4.79 Å². The van der Waals surface area contributed by atoms with Gasteiger partial charge in [0.25, 0.3) is 0 Å². The Morgan fingerprint density at radius 3 is 2.45 bits per heavy atom. The van der Waals surface area contributed by atoms with E-state index in [1.54, 1.807) is 0 Å². The molecule has 0 aromatic heterocycles. The number of hydrogen-bond donors (Lipinski definition) is 0. The van der Waals surface area contributed by atoms with Gasteiger partial charge in [-0.25, -0.2) is 0 Å². The molecule has 1 unspecified atom stereocenters. The molecule has 0 aliphatic heterocycles. The topological polar surface area (TPSA) is 17.1 Å². The molecule has 0 radical (unpaired) electrons. The van der Waals surface area contributed by atoms with E-state index in [-0.39, 0.29) is 0 Å². The molecule has 11 heavy (non-hydrogen) atoms. The summed E-state index contributed by atoms with van der Waals surface area (Å²) in [6.07, 6.45) is 5.86. The Kier molecular flexibility index (Phi) is 3.10. The molecule has 0 heterocycles. The first-order valence-corrected chi connectivity index (χ1v) is 4.79. The Bertz CT molecular complexity index is 134. The van der Waals surface area contributed by atoms with E-state index in [4.69, 9.17) is 0 Å². The molecule has 1 aliphatic rings. The Hall–Kier alpha value is -0.330. The van der Waals surface area contributed by atoms with Crippen LogP contribution >= 0.6 is 0 Å². The van der Waals surface area contributed by atoms with Crippen LogP contribution in [-0.2, 0) is 4.79 Å². The smallest absolute Gasteiger partial charge is 0.138 e. The number of Topliss-reactive ketones (excluding diaryl/α,β-unsaturated/α-hetero) is 1. The normalized spacial score (nSPS) is 22.0. The zero-order chi connectivity index (χ0) is 8.27. The number of rotatable bonds is 3. The number of carbonyl (C=O) groups excluding carboxylic acids is 1. The molecule has 1 rings (SSSR count). The Morgan fingerprint density at radius 1 is 1.45 bits per heavy atom. The number of carbonyl (C=O) groups is 1. The van der Waals surface area contributed by atoms with E-state index in [0.29, 0.717) is 17.6 Å². The SMILES string of the molecule is CCC(C)C(=O)C1CCCC1. The van der Waals surface area contributed by atoms with Crippen LogP contribution in [0.3, 0.4) is 0 Å². The van der Waals surface area contributed by atoms with E-state index in [1.807, 2.05) is 0 Å². The van der Waals surface area contributed by atoms with Gasteiger partial charge in [0.05, 0.1) is 0 Å². The molecule has 0 aromatic carbocycles. The van der Waals surface area contributed by atoms with Gasteiger partial charge in [0.15, 0.2) is 0 Å². The van der Waals surface area contributed by atoms with E-state index in [1.165, 1.54) is 12.8 Å². The van der Waals surface area contributed by atoms with Gasteiger partial charge in [-0.15, -0.1) is 0 Å². The molecule has 0 amide bonds. The highest BCUT2D eigenvalue weighted by Gasteiger charge is 2.25.